The first-order chi connectivity index (χ1) is 9.88. The molecule has 1 aliphatic rings. The predicted octanol–water partition coefficient (Wildman–Crippen LogP) is 0.735. The smallest absolute Gasteiger partial charge is 0.282 e. The number of amides is 2. The van der Waals surface area contributed by atoms with Crippen molar-refractivity contribution < 1.29 is 14.5 Å². The lowest BCUT2D eigenvalue weighted by atomic mass is 9.91. The van der Waals surface area contributed by atoms with Crippen molar-refractivity contribution in [1.82, 2.24) is 0 Å². The standard InChI is InChI=1S/C15H23N3O2S/c1-9-6-10(2)8-18(7-9)11(3)14(20)17-15-12(13(16)19)4-5-21-15/h4-5,9-11H,6-8H2,1-3H3,(H2,16,19)(H,17,20)/p+1/t9-,10+,11-/m0/s1. The number of hydrogen-bond acceptors (Lipinski definition) is 3. The summed E-state index contributed by atoms with van der Waals surface area (Å²) in [6.07, 6.45) is 1.23. The molecule has 2 amide bonds. The Kier molecular flexibility index (Phi) is 5.00. The van der Waals surface area contributed by atoms with Crippen molar-refractivity contribution in [2.45, 2.75) is 33.2 Å². The zero-order valence-electron chi connectivity index (χ0n) is 12.8. The minimum absolute atomic E-state index is 0.0451. The van der Waals surface area contributed by atoms with E-state index >= 15 is 0 Å². The summed E-state index contributed by atoms with van der Waals surface area (Å²) in [4.78, 5) is 25.0. The molecule has 0 spiro atoms. The number of carbonyl (C=O) groups excluding carboxylic acids is 2. The van der Waals surface area contributed by atoms with Gasteiger partial charge < -0.3 is 16.0 Å². The van der Waals surface area contributed by atoms with Crippen LogP contribution in [0.25, 0.3) is 0 Å². The molecule has 0 radical (unpaired) electrons. The predicted molar refractivity (Wildman–Crippen MR) is 84.6 cm³/mol. The quantitative estimate of drug-likeness (QED) is 0.767. The number of hydrogen-bond donors (Lipinski definition) is 3. The Morgan fingerprint density at radius 2 is 2.00 bits per heavy atom. The molecule has 116 valence electrons. The van der Waals surface area contributed by atoms with Crippen molar-refractivity contribution in [3.05, 3.63) is 17.0 Å². The molecule has 0 aliphatic carbocycles. The maximum Gasteiger partial charge on any atom is 0.282 e. The molecule has 2 rings (SSSR count). The van der Waals surface area contributed by atoms with E-state index < -0.39 is 5.91 Å². The lowest BCUT2D eigenvalue weighted by Crippen LogP contribution is -3.18. The van der Waals surface area contributed by atoms with Gasteiger partial charge in [0.05, 0.1) is 18.7 Å². The summed E-state index contributed by atoms with van der Waals surface area (Å²) in [5, 5.41) is 5.17. The number of carbonyl (C=O) groups is 2. The first kappa shape index (κ1) is 16.0. The minimum Gasteiger partial charge on any atom is -0.366 e. The highest BCUT2D eigenvalue weighted by Crippen LogP contribution is 2.22. The molecular weight excluding hydrogens is 286 g/mol. The van der Waals surface area contributed by atoms with Crippen LogP contribution in [0.2, 0.25) is 0 Å². The van der Waals surface area contributed by atoms with Crippen LogP contribution in [-0.2, 0) is 4.79 Å². The summed E-state index contributed by atoms with van der Waals surface area (Å²) in [6, 6.07) is 1.52. The van der Waals surface area contributed by atoms with Crippen LogP contribution in [0.5, 0.6) is 0 Å². The van der Waals surface area contributed by atoms with Crippen LogP contribution in [-0.4, -0.2) is 30.9 Å². The number of nitrogens with two attached hydrogens (primary N) is 1. The van der Waals surface area contributed by atoms with E-state index in [0.29, 0.717) is 22.4 Å². The number of piperidine rings is 1. The second-order valence-electron chi connectivity index (χ2n) is 6.25. The van der Waals surface area contributed by atoms with Crippen molar-refractivity contribution in [2.24, 2.45) is 17.6 Å². The van der Waals surface area contributed by atoms with Crippen LogP contribution in [0.3, 0.4) is 0 Å². The third-order valence-electron chi connectivity index (χ3n) is 4.20. The SMILES string of the molecule is C[C@@H]1C[C@H](C)C[NH+]([C@@H](C)C(=O)Nc2sccc2C(N)=O)C1. The molecule has 6 heteroatoms. The van der Waals surface area contributed by atoms with Crippen molar-refractivity contribution in [1.29, 1.82) is 0 Å². The highest BCUT2D eigenvalue weighted by Gasteiger charge is 2.32. The Balaban J connectivity index is 2.02. The van der Waals surface area contributed by atoms with Gasteiger partial charge >= 0.3 is 0 Å². The number of anilines is 1. The Hall–Kier alpha value is -1.40. The van der Waals surface area contributed by atoms with Gasteiger partial charge in [-0.25, -0.2) is 0 Å². The molecule has 1 aromatic heterocycles. The van der Waals surface area contributed by atoms with Crippen LogP contribution >= 0.6 is 11.3 Å². The van der Waals surface area contributed by atoms with E-state index in [9.17, 15) is 9.59 Å². The fourth-order valence-corrected chi connectivity index (χ4v) is 3.99. The van der Waals surface area contributed by atoms with E-state index in [1.54, 1.807) is 11.4 Å². The molecule has 21 heavy (non-hydrogen) atoms. The lowest BCUT2D eigenvalue weighted by Gasteiger charge is -2.35. The lowest BCUT2D eigenvalue weighted by molar-refractivity contribution is -0.925. The second-order valence-corrected chi connectivity index (χ2v) is 7.17. The molecule has 1 fully saturated rings. The number of likely N-dealkylation sites (tertiary alicyclic amines) is 1. The number of nitrogens with one attached hydrogen (secondary N) is 2. The van der Waals surface area contributed by atoms with Crippen molar-refractivity contribution in [3.63, 3.8) is 0 Å². The minimum atomic E-state index is -0.508. The molecule has 1 saturated heterocycles. The molecule has 0 bridgehead atoms. The highest BCUT2D eigenvalue weighted by atomic mass is 32.1. The molecule has 0 aromatic carbocycles. The van der Waals surface area contributed by atoms with Crippen LogP contribution in [0, 0.1) is 11.8 Å². The highest BCUT2D eigenvalue weighted by molar-refractivity contribution is 7.14. The van der Waals surface area contributed by atoms with E-state index in [1.807, 2.05) is 6.92 Å². The van der Waals surface area contributed by atoms with Gasteiger partial charge in [0.2, 0.25) is 0 Å². The molecule has 0 saturated carbocycles. The van der Waals surface area contributed by atoms with Gasteiger partial charge in [0, 0.05) is 11.8 Å². The molecule has 4 N–H and O–H groups in total. The molecule has 1 aliphatic heterocycles. The third-order valence-corrected chi connectivity index (χ3v) is 5.03. The van der Waals surface area contributed by atoms with Crippen molar-refractivity contribution >= 4 is 28.2 Å². The average molecular weight is 310 g/mol. The van der Waals surface area contributed by atoms with Gasteiger partial charge in [-0.15, -0.1) is 11.3 Å². The first-order valence-electron chi connectivity index (χ1n) is 7.41. The molecule has 2 heterocycles. The van der Waals surface area contributed by atoms with Gasteiger partial charge in [-0.05, 0) is 24.8 Å². The summed E-state index contributed by atoms with van der Waals surface area (Å²) >= 11 is 1.33. The number of rotatable bonds is 4. The summed E-state index contributed by atoms with van der Waals surface area (Å²) in [6.45, 7) is 8.47. The molecule has 1 unspecified atom stereocenters. The maximum absolute atomic E-state index is 12.4. The fraction of sp³-hybridized carbons (Fsp3) is 0.600. The van der Waals surface area contributed by atoms with Crippen LogP contribution in [0.4, 0.5) is 5.00 Å². The summed E-state index contributed by atoms with van der Waals surface area (Å²) in [7, 11) is 0. The van der Waals surface area contributed by atoms with E-state index in [0.717, 1.165) is 13.1 Å². The molecular formula is C15H24N3O2S+. The van der Waals surface area contributed by atoms with E-state index in [4.69, 9.17) is 5.73 Å². The first-order valence-corrected chi connectivity index (χ1v) is 8.29. The summed E-state index contributed by atoms with van der Waals surface area (Å²) in [5.74, 6) is 0.729. The summed E-state index contributed by atoms with van der Waals surface area (Å²) < 4.78 is 0. The molecule has 1 aromatic rings. The topological polar surface area (TPSA) is 76.6 Å². The molecule has 4 atom stereocenters. The molecule has 5 nitrogen and oxygen atoms in total. The van der Waals surface area contributed by atoms with Crippen molar-refractivity contribution in [2.75, 3.05) is 18.4 Å². The number of quaternary nitrogens is 1. The number of primary amides is 1. The normalized spacial score (nSPS) is 27.1. The van der Waals surface area contributed by atoms with Crippen LogP contribution in [0.1, 0.15) is 37.6 Å². The Morgan fingerprint density at radius 3 is 2.57 bits per heavy atom. The monoisotopic (exact) mass is 310 g/mol. The number of thiophene rings is 1. The van der Waals surface area contributed by atoms with Crippen molar-refractivity contribution in [3.8, 4) is 0 Å². The van der Waals surface area contributed by atoms with Gasteiger partial charge in [0.25, 0.3) is 11.8 Å². The van der Waals surface area contributed by atoms with Crippen LogP contribution < -0.4 is 16.0 Å². The zero-order chi connectivity index (χ0) is 15.6. The van der Waals surface area contributed by atoms with Gasteiger partial charge in [-0.2, -0.15) is 0 Å². The fourth-order valence-electron chi connectivity index (χ4n) is 3.19. The van der Waals surface area contributed by atoms with Gasteiger partial charge in [0.1, 0.15) is 5.00 Å². The Morgan fingerprint density at radius 1 is 1.38 bits per heavy atom. The van der Waals surface area contributed by atoms with Crippen LogP contribution in [0.15, 0.2) is 11.4 Å². The second kappa shape index (κ2) is 6.58. The van der Waals surface area contributed by atoms with Gasteiger partial charge in [-0.3, -0.25) is 9.59 Å². The Bertz CT molecular complexity index is 519. The van der Waals surface area contributed by atoms with E-state index in [2.05, 4.69) is 19.2 Å². The maximum atomic E-state index is 12.4. The average Bonchev–Trinajstić information content (AvgIpc) is 2.84. The zero-order valence-corrected chi connectivity index (χ0v) is 13.6. The van der Waals surface area contributed by atoms with Gasteiger partial charge in [0.15, 0.2) is 6.04 Å². The van der Waals surface area contributed by atoms with Gasteiger partial charge in [-0.1, -0.05) is 13.8 Å². The van der Waals surface area contributed by atoms with E-state index in [-0.39, 0.29) is 11.9 Å². The Labute approximate surface area is 129 Å². The van der Waals surface area contributed by atoms with E-state index in [1.165, 1.54) is 22.7 Å². The summed E-state index contributed by atoms with van der Waals surface area (Å²) in [5.41, 5.74) is 5.69. The largest absolute Gasteiger partial charge is 0.366 e. The third kappa shape index (κ3) is 3.83.